The molecule has 1 aromatic carbocycles. The number of benzene rings is 1. The van der Waals surface area contributed by atoms with E-state index in [2.05, 4.69) is 5.32 Å². The Morgan fingerprint density at radius 1 is 1.19 bits per heavy atom. The second-order valence-electron chi connectivity index (χ2n) is 7.90. The second-order valence-corrected chi connectivity index (χ2v) is 7.90. The quantitative estimate of drug-likeness (QED) is 0.775. The number of amides is 2. The Hall–Kier alpha value is -3.30. The minimum atomic E-state index is -1.18. The number of carbonyl (C=O) groups excluding carboxylic acids is 2. The average Bonchev–Trinajstić information content (AvgIpc) is 2.87. The predicted molar refractivity (Wildman–Crippen MR) is 103 cm³/mol. The topological polar surface area (TPSA) is 91.6 Å². The van der Waals surface area contributed by atoms with Crippen LogP contribution in [0.2, 0.25) is 0 Å². The van der Waals surface area contributed by atoms with Crippen LogP contribution in [0.4, 0.5) is 13.2 Å². The molecular formula is C21H20F3N3O4. The van der Waals surface area contributed by atoms with Gasteiger partial charge in [0, 0.05) is 43.0 Å². The molecule has 2 aliphatic rings. The van der Waals surface area contributed by atoms with Gasteiger partial charge in [-0.2, -0.15) is 0 Å². The number of aromatic nitrogens is 1. The van der Waals surface area contributed by atoms with Crippen LogP contribution >= 0.6 is 0 Å². The molecule has 1 fully saturated rings. The molecule has 7 nitrogen and oxygen atoms in total. The maximum atomic E-state index is 13.8. The summed E-state index contributed by atoms with van der Waals surface area (Å²) >= 11 is 0. The number of halogens is 3. The zero-order valence-electron chi connectivity index (χ0n) is 16.6. The largest absolute Gasteiger partial charge is 0.503 e. The lowest BCUT2D eigenvalue weighted by Crippen LogP contribution is -2.47. The Kier molecular flexibility index (Phi) is 5.24. The molecule has 2 aliphatic heterocycles. The maximum Gasteiger partial charge on any atom is 0.274 e. The van der Waals surface area contributed by atoms with Crippen molar-refractivity contribution < 1.29 is 27.9 Å². The summed E-state index contributed by atoms with van der Waals surface area (Å²) in [7, 11) is 0. The highest BCUT2D eigenvalue weighted by atomic mass is 19.1. The molecule has 2 bridgehead atoms. The molecule has 0 radical (unpaired) electrons. The van der Waals surface area contributed by atoms with E-state index >= 15 is 0 Å². The minimum absolute atomic E-state index is 0.0378. The number of pyridine rings is 1. The number of aromatic hydroxyl groups is 1. The minimum Gasteiger partial charge on any atom is -0.503 e. The van der Waals surface area contributed by atoms with Crippen molar-refractivity contribution in [2.24, 2.45) is 0 Å². The first kappa shape index (κ1) is 21.0. The van der Waals surface area contributed by atoms with E-state index < -0.39 is 58.1 Å². The normalized spacial score (nSPS) is 20.3. The molecule has 164 valence electrons. The Bertz CT molecular complexity index is 1120. The van der Waals surface area contributed by atoms with Crippen LogP contribution in [0.25, 0.3) is 0 Å². The molecule has 1 saturated heterocycles. The SMILES string of the molecule is CC1CCCC2CN1C(=O)c1c(O)c(=O)c(C(=O)NCc3c(F)cc(F)cc3F)cn12. The summed E-state index contributed by atoms with van der Waals surface area (Å²) in [5.74, 6) is -5.75. The highest BCUT2D eigenvalue weighted by molar-refractivity contribution is 5.99. The number of carbonyl (C=O) groups is 2. The van der Waals surface area contributed by atoms with Crippen molar-refractivity contribution in [1.29, 1.82) is 0 Å². The number of rotatable bonds is 3. The number of hydrogen-bond acceptors (Lipinski definition) is 4. The van der Waals surface area contributed by atoms with Crippen molar-refractivity contribution in [3.63, 3.8) is 0 Å². The molecule has 1 aromatic heterocycles. The summed E-state index contributed by atoms with van der Waals surface area (Å²) in [6.07, 6.45) is 3.51. The monoisotopic (exact) mass is 435 g/mol. The van der Waals surface area contributed by atoms with Crippen LogP contribution in [0.15, 0.2) is 23.1 Å². The van der Waals surface area contributed by atoms with Crippen LogP contribution in [0.3, 0.4) is 0 Å². The molecule has 2 aromatic rings. The summed E-state index contributed by atoms with van der Waals surface area (Å²) in [4.78, 5) is 39.7. The Morgan fingerprint density at radius 2 is 1.87 bits per heavy atom. The summed E-state index contributed by atoms with van der Waals surface area (Å²) in [6, 6.07) is 0.704. The van der Waals surface area contributed by atoms with Gasteiger partial charge in [0.25, 0.3) is 11.8 Å². The van der Waals surface area contributed by atoms with Crippen LogP contribution < -0.4 is 10.7 Å². The predicted octanol–water partition coefficient (Wildman–Crippen LogP) is 2.47. The first-order chi connectivity index (χ1) is 14.7. The fourth-order valence-corrected chi connectivity index (χ4v) is 4.24. The number of hydrogen-bond donors (Lipinski definition) is 2. The van der Waals surface area contributed by atoms with Crippen molar-refractivity contribution in [3.05, 3.63) is 62.8 Å². The van der Waals surface area contributed by atoms with Crippen molar-refractivity contribution in [3.8, 4) is 5.75 Å². The lowest BCUT2D eigenvalue weighted by molar-refractivity contribution is 0.0604. The van der Waals surface area contributed by atoms with Gasteiger partial charge in [-0.05, 0) is 26.2 Å². The van der Waals surface area contributed by atoms with E-state index in [4.69, 9.17) is 0 Å². The van der Waals surface area contributed by atoms with Gasteiger partial charge in [0.1, 0.15) is 23.0 Å². The number of nitrogens with zero attached hydrogens (tertiary/aromatic N) is 2. The zero-order valence-corrected chi connectivity index (χ0v) is 16.6. The first-order valence-corrected chi connectivity index (χ1v) is 9.89. The van der Waals surface area contributed by atoms with Crippen LogP contribution in [-0.4, -0.2) is 39.0 Å². The van der Waals surface area contributed by atoms with Crippen molar-refractivity contribution in [2.75, 3.05) is 6.54 Å². The van der Waals surface area contributed by atoms with Crippen molar-refractivity contribution in [2.45, 2.75) is 44.8 Å². The van der Waals surface area contributed by atoms with Gasteiger partial charge in [0.2, 0.25) is 5.43 Å². The van der Waals surface area contributed by atoms with E-state index in [0.717, 1.165) is 12.8 Å². The van der Waals surface area contributed by atoms with Crippen LogP contribution in [0, 0.1) is 17.5 Å². The molecule has 2 unspecified atom stereocenters. The van der Waals surface area contributed by atoms with Gasteiger partial charge in [-0.25, -0.2) is 13.2 Å². The third-order valence-corrected chi connectivity index (χ3v) is 5.94. The average molecular weight is 435 g/mol. The van der Waals surface area contributed by atoms with E-state index in [1.54, 1.807) is 4.90 Å². The van der Waals surface area contributed by atoms with E-state index in [9.17, 15) is 32.7 Å². The summed E-state index contributed by atoms with van der Waals surface area (Å²) in [5, 5.41) is 12.7. The molecule has 0 spiro atoms. The molecule has 31 heavy (non-hydrogen) atoms. The number of fused-ring (bicyclic) bond motifs is 4. The summed E-state index contributed by atoms with van der Waals surface area (Å²) in [5.41, 5.74) is -2.24. The Morgan fingerprint density at radius 3 is 2.55 bits per heavy atom. The molecule has 0 saturated carbocycles. The second kappa shape index (κ2) is 7.75. The highest BCUT2D eigenvalue weighted by Gasteiger charge is 2.38. The van der Waals surface area contributed by atoms with Gasteiger partial charge in [0.15, 0.2) is 11.4 Å². The molecule has 3 heterocycles. The van der Waals surface area contributed by atoms with E-state index in [-0.39, 0.29) is 17.8 Å². The maximum absolute atomic E-state index is 13.8. The molecule has 2 amide bonds. The van der Waals surface area contributed by atoms with E-state index in [1.165, 1.54) is 10.8 Å². The smallest absolute Gasteiger partial charge is 0.274 e. The fourth-order valence-electron chi connectivity index (χ4n) is 4.24. The number of nitrogens with one attached hydrogen (secondary N) is 1. The first-order valence-electron chi connectivity index (χ1n) is 9.89. The van der Waals surface area contributed by atoms with Gasteiger partial charge < -0.3 is 19.9 Å². The van der Waals surface area contributed by atoms with Gasteiger partial charge >= 0.3 is 0 Å². The van der Waals surface area contributed by atoms with Crippen molar-refractivity contribution >= 4 is 11.8 Å². The van der Waals surface area contributed by atoms with Crippen LogP contribution in [0.5, 0.6) is 5.75 Å². The molecule has 0 aliphatic carbocycles. The molecule has 4 rings (SSSR count). The lowest BCUT2D eigenvalue weighted by Gasteiger charge is -2.37. The molecule has 10 heteroatoms. The van der Waals surface area contributed by atoms with Gasteiger partial charge in [-0.3, -0.25) is 14.4 Å². The van der Waals surface area contributed by atoms with Crippen molar-refractivity contribution in [1.82, 2.24) is 14.8 Å². The third kappa shape index (κ3) is 3.55. The summed E-state index contributed by atoms with van der Waals surface area (Å²) in [6.45, 7) is 1.66. The zero-order chi connectivity index (χ0) is 22.4. The standard InChI is InChI=1S/C21H20F3N3O4/c1-10-3-2-4-12-8-26(10)21(31)17-19(29)18(28)14(9-27(12)17)20(30)25-7-13-15(23)5-11(22)6-16(13)24/h5-6,9-10,12,29H,2-4,7-8H2,1H3,(H,25,30). The lowest BCUT2D eigenvalue weighted by atomic mass is 10.1. The highest BCUT2D eigenvalue weighted by Crippen LogP contribution is 2.34. The van der Waals surface area contributed by atoms with Gasteiger partial charge in [-0.1, -0.05) is 0 Å². The van der Waals surface area contributed by atoms with Crippen LogP contribution in [-0.2, 0) is 6.54 Å². The summed E-state index contributed by atoms with van der Waals surface area (Å²) < 4.78 is 42.1. The Labute approximate surface area is 175 Å². The van der Waals surface area contributed by atoms with E-state index in [0.29, 0.717) is 25.1 Å². The van der Waals surface area contributed by atoms with Crippen LogP contribution in [0.1, 0.15) is 58.6 Å². The van der Waals surface area contributed by atoms with Gasteiger partial charge in [0.05, 0.1) is 6.04 Å². The Balaban J connectivity index is 1.67. The molecule has 2 N–H and O–H groups in total. The fraction of sp³-hybridized carbons (Fsp3) is 0.381. The molecular weight excluding hydrogens is 415 g/mol. The van der Waals surface area contributed by atoms with Gasteiger partial charge in [-0.15, -0.1) is 0 Å². The van der Waals surface area contributed by atoms with E-state index in [1.807, 2.05) is 6.92 Å². The third-order valence-electron chi connectivity index (χ3n) is 5.94. The molecule has 2 atom stereocenters.